The molecule has 0 aliphatic carbocycles. The molecule has 2 aromatic carbocycles. The van der Waals surface area contributed by atoms with Crippen molar-refractivity contribution >= 4 is 34.3 Å². The monoisotopic (exact) mass is 354 g/mol. The second-order valence-electron chi connectivity index (χ2n) is 5.05. The number of hydrogen-bond acceptors (Lipinski definition) is 1. The summed E-state index contributed by atoms with van der Waals surface area (Å²) >= 11 is 6.06. The molecule has 0 saturated heterocycles. The predicted octanol–water partition coefficient (Wildman–Crippen LogP) is 5.39. The summed E-state index contributed by atoms with van der Waals surface area (Å²) in [4.78, 5) is 10.7. The van der Waals surface area contributed by atoms with Crippen LogP contribution in [0.4, 0.5) is 23.7 Å². The van der Waals surface area contributed by atoms with Gasteiger partial charge in [-0.3, -0.25) is 5.32 Å². The van der Waals surface area contributed by atoms with Crippen molar-refractivity contribution < 1.29 is 23.1 Å². The van der Waals surface area contributed by atoms with Crippen molar-refractivity contribution in [2.24, 2.45) is 0 Å². The van der Waals surface area contributed by atoms with Crippen LogP contribution in [0.2, 0.25) is 5.02 Å². The zero-order valence-corrected chi connectivity index (χ0v) is 12.7. The number of fused-ring (bicyclic) bond motifs is 1. The largest absolute Gasteiger partial charge is 0.465 e. The molecule has 8 heteroatoms. The second kappa shape index (κ2) is 5.76. The van der Waals surface area contributed by atoms with Gasteiger partial charge in [0.25, 0.3) is 0 Å². The first-order chi connectivity index (χ1) is 11.3. The van der Waals surface area contributed by atoms with Crippen molar-refractivity contribution in [2.45, 2.75) is 6.18 Å². The lowest BCUT2D eigenvalue weighted by atomic mass is 10.2. The molecule has 0 saturated carbocycles. The molecule has 3 aromatic rings. The maximum atomic E-state index is 12.6. The van der Waals surface area contributed by atoms with E-state index in [0.29, 0.717) is 16.6 Å². The van der Waals surface area contributed by atoms with Crippen LogP contribution in [0.5, 0.6) is 0 Å². The molecule has 4 nitrogen and oxygen atoms in total. The smallest absolute Gasteiger partial charge is 0.416 e. The molecular formula is C16H10ClF3N2O2. The molecule has 0 fully saturated rings. The molecule has 0 bridgehead atoms. The number of aromatic nitrogens is 1. The lowest BCUT2D eigenvalue weighted by molar-refractivity contribution is -0.137. The van der Waals surface area contributed by atoms with Crippen LogP contribution in [-0.4, -0.2) is 15.8 Å². The first kappa shape index (κ1) is 16.2. The number of anilines is 1. The van der Waals surface area contributed by atoms with E-state index in [0.717, 1.165) is 12.1 Å². The standard InChI is InChI=1S/C16H10ClF3N2O2/c17-12-8-14-9(7-13(12)21-15(23)24)5-6-22(14)11-3-1-10(2-4-11)16(18,19)20/h1-8,21H,(H,23,24). The van der Waals surface area contributed by atoms with E-state index in [1.54, 1.807) is 29.0 Å². The van der Waals surface area contributed by atoms with Gasteiger partial charge in [-0.1, -0.05) is 11.6 Å². The van der Waals surface area contributed by atoms with E-state index < -0.39 is 17.8 Å². The fraction of sp³-hybridized carbons (Fsp3) is 0.0625. The molecule has 24 heavy (non-hydrogen) atoms. The molecule has 0 radical (unpaired) electrons. The van der Waals surface area contributed by atoms with Gasteiger partial charge in [-0.25, -0.2) is 4.79 Å². The molecule has 1 amide bonds. The van der Waals surface area contributed by atoms with E-state index >= 15 is 0 Å². The summed E-state index contributed by atoms with van der Waals surface area (Å²) in [5, 5.41) is 11.8. The molecule has 1 aromatic heterocycles. The van der Waals surface area contributed by atoms with Crippen LogP contribution in [0.15, 0.2) is 48.7 Å². The summed E-state index contributed by atoms with van der Waals surface area (Å²) in [7, 11) is 0. The number of rotatable bonds is 2. The third-order valence-electron chi connectivity index (χ3n) is 3.49. The summed E-state index contributed by atoms with van der Waals surface area (Å²) in [5.74, 6) is 0. The van der Waals surface area contributed by atoms with Crippen LogP contribution >= 0.6 is 11.6 Å². The normalized spacial score (nSPS) is 11.7. The Morgan fingerprint density at radius 1 is 1.12 bits per heavy atom. The number of carboxylic acid groups (broad SMARTS) is 1. The SMILES string of the molecule is O=C(O)Nc1cc2ccn(-c3ccc(C(F)(F)F)cc3)c2cc1Cl. The first-order valence-corrected chi connectivity index (χ1v) is 7.12. The second-order valence-corrected chi connectivity index (χ2v) is 5.46. The highest BCUT2D eigenvalue weighted by atomic mass is 35.5. The minimum absolute atomic E-state index is 0.191. The fourth-order valence-electron chi connectivity index (χ4n) is 2.40. The molecule has 0 aliphatic rings. The Kier molecular flexibility index (Phi) is 3.88. The van der Waals surface area contributed by atoms with E-state index in [1.165, 1.54) is 12.1 Å². The summed E-state index contributed by atoms with van der Waals surface area (Å²) in [6, 6.07) is 9.56. The Morgan fingerprint density at radius 2 is 1.79 bits per heavy atom. The molecule has 0 spiro atoms. The maximum absolute atomic E-state index is 12.6. The summed E-state index contributed by atoms with van der Waals surface area (Å²) in [6.07, 6.45) is -3.95. The summed E-state index contributed by atoms with van der Waals surface area (Å²) in [5.41, 5.74) is 0.694. The zero-order chi connectivity index (χ0) is 17.5. The number of hydrogen-bond donors (Lipinski definition) is 2. The quantitative estimate of drug-likeness (QED) is 0.648. The third kappa shape index (κ3) is 3.03. The average molecular weight is 355 g/mol. The highest BCUT2D eigenvalue weighted by Gasteiger charge is 2.30. The summed E-state index contributed by atoms with van der Waals surface area (Å²) in [6.45, 7) is 0. The van der Waals surface area contributed by atoms with E-state index in [2.05, 4.69) is 5.32 Å². The van der Waals surface area contributed by atoms with Gasteiger partial charge < -0.3 is 9.67 Å². The van der Waals surface area contributed by atoms with Crippen molar-refractivity contribution in [1.29, 1.82) is 0 Å². The van der Waals surface area contributed by atoms with Gasteiger partial charge in [0, 0.05) is 17.3 Å². The van der Waals surface area contributed by atoms with Gasteiger partial charge >= 0.3 is 12.3 Å². The highest BCUT2D eigenvalue weighted by molar-refractivity contribution is 6.34. The highest BCUT2D eigenvalue weighted by Crippen LogP contribution is 2.32. The van der Waals surface area contributed by atoms with Crippen LogP contribution in [0.25, 0.3) is 16.6 Å². The Bertz CT molecular complexity index is 917. The number of nitrogens with zero attached hydrogens (tertiary/aromatic N) is 1. The van der Waals surface area contributed by atoms with Gasteiger partial charge in [0.1, 0.15) is 0 Å². The zero-order valence-electron chi connectivity index (χ0n) is 11.9. The fourth-order valence-corrected chi connectivity index (χ4v) is 2.61. The topological polar surface area (TPSA) is 54.3 Å². The molecule has 0 unspecified atom stereocenters. The maximum Gasteiger partial charge on any atom is 0.416 e. The van der Waals surface area contributed by atoms with Gasteiger partial charge in [-0.05, 0) is 42.5 Å². The third-order valence-corrected chi connectivity index (χ3v) is 3.81. The average Bonchev–Trinajstić information content (AvgIpc) is 2.89. The minimum Gasteiger partial charge on any atom is -0.465 e. The Morgan fingerprint density at radius 3 is 2.38 bits per heavy atom. The Labute approximate surface area is 139 Å². The van der Waals surface area contributed by atoms with Crippen molar-refractivity contribution in [3.8, 4) is 5.69 Å². The van der Waals surface area contributed by atoms with E-state index in [4.69, 9.17) is 16.7 Å². The molecule has 0 aliphatic heterocycles. The lowest BCUT2D eigenvalue weighted by Gasteiger charge is -2.10. The number of carbonyl (C=O) groups is 1. The predicted molar refractivity (Wildman–Crippen MR) is 84.9 cm³/mol. The van der Waals surface area contributed by atoms with Crippen LogP contribution in [-0.2, 0) is 6.18 Å². The van der Waals surface area contributed by atoms with Gasteiger partial charge in [-0.2, -0.15) is 13.2 Å². The van der Waals surface area contributed by atoms with Crippen LogP contribution < -0.4 is 5.32 Å². The Balaban J connectivity index is 2.04. The van der Waals surface area contributed by atoms with Gasteiger partial charge in [0.15, 0.2) is 0 Å². The van der Waals surface area contributed by atoms with E-state index in [1.807, 2.05) is 0 Å². The number of benzene rings is 2. The van der Waals surface area contributed by atoms with Crippen molar-refractivity contribution in [3.05, 3.63) is 59.2 Å². The molecular weight excluding hydrogens is 345 g/mol. The van der Waals surface area contributed by atoms with Gasteiger partial charge in [-0.15, -0.1) is 0 Å². The van der Waals surface area contributed by atoms with Crippen LogP contribution in [0.3, 0.4) is 0 Å². The molecule has 0 atom stereocenters. The molecule has 3 rings (SSSR count). The number of amides is 1. The van der Waals surface area contributed by atoms with E-state index in [9.17, 15) is 18.0 Å². The number of halogens is 4. The molecule has 2 N–H and O–H groups in total. The van der Waals surface area contributed by atoms with Gasteiger partial charge in [0.05, 0.1) is 21.8 Å². The van der Waals surface area contributed by atoms with Crippen LogP contribution in [0.1, 0.15) is 5.56 Å². The molecule has 124 valence electrons. The number of alkyl halides is 3. The first-order valence-electron chi connectivity index (χ1n) is 6.74. The Hall–Kier alpha value is -2.67. The minimum atomic E-state index is -4.39. The van der Waals surface area contributed by atoms with E-state index in [-0.39, 0.29) is 10.7 Å². The van der Waals surface area contributed by atoms with Gasteiger partial charge in [0.2, 0.25) is 0 Å². The molecule has 1 heterocycles. The lowest BCUT2D eigenvalue weighted by Crippen LogP contribution is -2.07. The van der Waals surface area contributed by atoms with Crippen molar-refractivity contribution in [1.82, 2.24) is 4.57 Å². The summed E-state index contributed by atoms with van der Waals surface area (Å²) < 4.78 is 39.6. The van der Waals surface area contributed by atoms with Crippen LogP contribution in [0, 0.1) is 0 Å². The number of nitrogens with one attached hydrogen (secondary N) is 1. The van der Waals surface area contributed by atoms with Crippen molar-refractivity contribution in [3.63, 3.8) is 0 Å². The van der Waals surface area contributed by atoms with Crippen molar-refractivity contribution in [2.75, 3.05) is 5.32 Å².